The molecular formula is C11H10BrNO5S. The minimum Gasteiger partial charge on any atom is -0.478 e. The van der Waals surface area contributed by atoms with Crippen molar-refractivity contribution in [1.29, 1.82) is 0 Å². The van der Waals surface area contributed by atoms with E-state index in [4.69, 9.17) is 5.11 Å². The lowest BCUT2D eigenvalue weighted by molar-refractivity contribution is -0.117. The molecule has 6 nitrogen and oxygen atoms in total. The zero-order valence-corrected chi connectivity index (χ0v) is 12.2. The van der Waals surface area contributed by atoms with E-state index in [9.17, 15) is 14.4 Å². The second kappa shape index (κ2) is 7.15. The van der Waals surface area contributed by atoms with Crippen LogP contribution in [-0.4, -0.2) is 35.9 Å². The maximum atomic E-state index is 11.4. The Kier molecular flexibility index (Phi) is 5.84. The Morgan fingerprint density at radius 3 is 2.68 bits per heavy atom. The van der Waals surface area contributed by atoms with Crippen LogP contribution in [0.5, 0.6) is 0 Å². The van der Waals surface area contributed by atoms with Gasteiger partial charge in [0.15, 0.2) is 0 Å². The molecular weight excluding hydrogens is 338 g/mol. The highest BCUT2D eigenvalue weighted by atomic mass is 79.9. The molecule has 0 aromatic heterocycles. The average Bonchev–Trinajstić information content (AvgIpc) is 2.35. The minimum absolute atomic E-state index is 0.0914. The molecule has 0 fully saturated rings. The zero-order chi connectivity index (χ0) is 14.4. The summed E-state index contributed by atoms with van der Waals surface area (Å²) in [6.45, 7) is 0. The molecule has 1 aromatic rings. The van der Waals surface area contributed by atoms with E-state index in [1.54, 1.807) is 12.1 Å². The molecule has 0 radical (unpaired) electrons. The third-order valence-electron chi connectivity index (χ3n) is 1.96. The standard InChI is InChI=1S/C11H10BrNO5S/c1-18-11(17)13-9(14)5-19-8-4-6(12)2-3-7(8)10(15)16/h2-4H,5H2,1H3,(H,15,16)(H,13,14,17). The molecule has 0 aliphatic carbocycles. The maximum absolute atomic E-state index is 11.4. The number of thioether (sulfide) groups is 1. The summed E-state index contributed by atoms with van der Waals surface area (Å²) in [5.74, 6) is -1.73. The summed E-state index contributed by atoms with van der Waals surface area (Å²) < 4.78 is 4.97. The van der Waals surface area contributed by atoms with E-state index in [1.165, 1.54) is 6.07 Å². The van der Waals surface area contributed by atoms with Crippen LogP contribution >= 0.6 is 27.7 Å². The van der Waals surface area contributed by atoms with Crippen LogP contribution in [0.25, 0.3) is 0 Å². The summed E-state index contributed by atoms with van der Waals surface area (Å²) in [5.41, 5.74) is 0.0964. The fourth-order valence-corrected chi connectivity index (χ4v) is 2.53. The van der Waals surface area contributed by atoms with Gasteiger partial charge in [0.25, 0.3) is 0 Å². The smallest absolute Gasteiger partial charge is 0.413 e. The Labute approximate surface area is 121 Å². The number of nitrogens with one attached hydrogen (secondary N) is 1. The third-order valence-corrected chi connectivity index (χ3v) is 3.51. The number of hydrogen-bond donors (Lipinski definition) is 2. The molecule has 0 heterocycles. The third kappa shape index (κ3) is 4.92. The molecule has 0 aliphatic heterocycles. The van der Waals surface area contributed by atoms with Crippen LogP contribution in [0, 0.1) is 0 Å². The van der Waals surface area contributed by atoms with Gasteiger partial charge in [0.1, 0.15) is 0 Å². The van der Waals surface area contributed by atoms with Gasteiger partial charge in [-0.1, -0.05) is 15.9 Å². The van der Waals surface area contributed by atoms with Gasteiger partial charge in [-0.05, 0) is 18.2 Å². The second-order valence-electron chi connectivity index (χ2n) is 3.27. The summed E-state index contributed by atoms with van der Waals surface area (Å²) in [7, 11) is 1.15. The van der Waals surface area contributed by atoms with E-state index in [2.05, 4.69) is 20.7 Å². The number of carboxylic acids is 1. The van der Waals surface area contributed by atoms with Gasteiger partial charge < -0.3 is 9.84 Å². The number of benzene rings is 1. The lowest BCUT2D eigenvalue weighted by Crippen LogP contribution is -2.31. The highest BCUT2D eigenvalue weighted by Crippen LogP contribution is 2.26. The van der Waals surface area contributed by atoms with Crippen LogP contribution in [0.2, 0.25) is 0 Å². The summed E-state index contributed by atoms with van der Waals surface area (Å²) in [6.07, 6.45) is -0.849. The van der Waals surface area contributed by atoms with Gasteiger partial charge >= 0.3 is 12.1 Å². The van der Waals surface area contributed by atoms with Crippen molar-refractivity contribution in [3.63, 3.8) is 0 Å². The van der Waals surface area contributed by atoms with Crippen molar-refractivity contribution in [2.24, 2.45) is 0 Å². The number of carboxylic acid groups (broad SMARTS) is 1. The van der Waals surface area contributed by atoms with Gasteiger partial charge in [0.05, 0.1) is 18.4 Å². The number of amides is 2. The minimum atomic E-state index is -1.08. The lowest BCUT2D eigenvalue weighted by atomic mass is 10.2. The number of halogens is 1. The highest BCUT2D eigenvalue weighted by Gasteiger charge is 2.13. The zero-order valence-electron chi connectivity index (χ0n) is 9.81. The first-order valence-corrected chi connectivity index (χ1v) is 6.75. The fraction of sp³-hybridized carbons (Fsp3) is 0.182. The predicted octanol–water partition coefficient (Wildman–Crippen LogP) is 2.12. The molecule has 0 spiro atoms. The molecule has 102 valence electrons. The first kappa shape index (κ1) is 15.5. The van der Waals surface area contributed by atoms with Crippen molar-refractivity contribution in [1.82, 2.24) is 5.32 Å². The molecule has 0 saturated heterocycles. The average molecular weight is 348 g/mol. The van der Waals surface area contributed by atoms with Crippen molar-refractivity contribution >= 4 is 45.7 Å². The van der Waals surface area contributed by atoms with Gasteiger partial charge in [-0.25, -0.2) is 9.59 Å². The normalized spacial score (nSPS) is 9.79. The van der Waals surface area contributed by atoms with Crippen molar-refractivity contribution < 1.29 is 24.2 Å². The molecule has 0 saturated carbocycles. The Morgan fingerprint density at radius 1 is 1.42 bits per heavy atom. The second-order valence-corrected chi connectivity index (χ2v) is 5.21. The summed E-state index contributed by atoms with van der Waals surface area (Å²) in [5, 5.41) is 11.0. The summed E-state index contributed by atoms with van der Waals surface area (Å²) in [6, 6.07) is 4.63. The number of alkyl carbamates (subject to hydrolysis) is 1. The Bertz CT molecular complexity index is 520. The van der Waals surface area contributed by atoms with E-state index in [-0.39, 0.29) is 11.3 Å². The number of methoxy groups -OCH3 is 1. The van der Waals surface area contributed by atoms with E-state index >= 15 is 0 Å². The van der Waals surface area contributed by atoms with Crippen LogP contribution in [-0.2, 0) is 9.53 Å². The van der Waals surface area contributed by atoms with Gasteiger partial charge in [-0.3, -0.25) is 10.1 Å². The quantitative estimate of drug-likeness (QED) is 0.810. The number of carbonyl (C=O) groups is 3. The van der Waals surface area contributed by atoms with Gasteiger partial charge in [-0.15, -0.1) is 11.8 Å². The summed E-state index contributed by atoms with van der Waals surface area (Å²) in [4.78, 5) is 33.6. The molecule has 0 unspecified atom stereocenters. The molecule has 2 N–H and O–H groups in total. The number of rotatable bonds is 4. The van der Waals surface area contributed by atoms with Crippen LogP contribution in [0.1, 0.15) is 10.4 Å². The van der Waals surface area contributed by atoms with Crippen molar-refractivity contribution in [3.05, 3.63) is 28.2 Å². The molecule has 1 aromatic carbocycles. The fourth-order valence-electron chi connectivity index (χ4n) is 1.14. The molecule has 0 bridgehead atoms. The van der Waals surface area contributed by atoms with Crippen LogP contribution in [0.3, 0.4) is 0 Å². The molecule has 0 atom stereocenters. The monoisotopic (exact) mass is 347 g/mol. The number of hydrogen-bond acceptors (Lipinski definition) is 5. The van der Waals surface area contributed by atoms with E-state index in [0.29, 0.717) is 9.37 Å². The van der Waals surface area contributed by atoms with Gasteiger partial charge in [0.2, 0.25) is 5.91 Å². The van der Waals surface area contributed by atoms with Crippen LogP contribution < -0.4 is 5.32 Å². The Balaban J connectivity index is 2.72. The van der Waals surface area contributed by atoms with E-state index < -0.39 is 18.0 Å². The van der Waals surface area contributed by atoms with E-state index in [1.807, 2.05) is 5.32 Å². The molecule has 8 heteroatoms. The highest BCUT2D eigenvalue weighted by molar-refractivity contribution is 9.10. The Hall–Kier alpha value is -1.54. The number of carbonyl (C=O) groups excluding carboxylic acids is 2. The van der Waals surface area contributed by atoms with Crippen LogP contribution in [0.4, 0.5) is 4.79 Å². The maximum Gasteiger partial charge on any atom is 0.413 e. The molecule has 0 aliphatic rings. The van der Waals surface area contributed by atoms with Crippen molar-refractivity contribution in [2.75, 3.05) is 12.9 Å². The SMILES string of the molecule is COC(=O)NC(=O)CSc1cc(Br)ccc1C(=O)O. The number of ether oxygens (including phenoxy) is 1. The first-order valence-electron chi connectivity index (χ1n) is 4.97. The summed E-state index contributed by atoms with van der Waals surface area (Å²) >= 11 is 4.24. The number of imide groups is 1. The topological polar surface area (TPSA) is 92.7 Å². The predicted molar refractivity (Wildman–Crippen MR) is 72.4 cm³/mol. The van der Waals surface area contributed by atoms with Crippen molar-refractivity contribution in [2.45, 2.75) is 4.90 Å². The molecule has 19 heavy (non-hydrogen) atoms. The first-order chi connectivity index (χ1) is 8.93. The number of aromatic carboxylic acids is 1. The molecule has 1 rings (SSSR count). The van der Waals surface area contributed by atoms with Crippen LogP contribution in [0.15, 0.2) is 27.6 Å². The van der Waals surface area contributed by atoms with Gasteiger partial charge in [0, 0.05) is 9.37 Å². The largest absolute Gasteiger partial charge is 0.478 e. The Morgan fingerprint density at radius 2 is 2.11 bits per heavy atom. The molecule has 2 amide bonds. The lowest BCUT2D eigenvalue weighted by Gasteiger charge is -2.06. The van der Waals surface area contributed by atoms with E-state index in [0.717, 1.165) is 18.9 Å². The van der Waals surface area contributed by atoms with Gasteiger partial charge in [-0.2, -0.15) is 0 Å². The van der Waals surface area contributed by atoms with Crippen molar-refractivity contribution in [3.8, 4) is 0 Å².